The van der Waals surface area contributed by atoms with E-state index in [2.05, 4.69) is 15.0 Å². The predicted molar refractivity (Wildman–Crippen MR) is 83.6 cm³/mol. The Bertz CT molecular complexity index is 743. The molecule has 118 valence electrons. The number of rotatable bonds is 0. The van der Waals surface area contributed by atoms with Crippen molar-refractivity contribution in [1.82, 2.24) is 19.4 Å². The van der Waals surface area contributed by atoms with Crippen molar-refractivity contribution < 1.29 is 9.53 Å². The third kappa shape index (κ3) is 2.38. The molecule has 0 N–H and O–H groups in total. The number of pyridine rings is 1. The molecule has 0 bridgehead atoms. The largest absolute Gasteiger partial charge is 0.472 e. The van der Waals surface area contributed by atoms with Gasteiger partial charge in [0.1, 0.15) is 11.9 Å². The summed E-state index contributed by atoms with van der Waals surface area (Å²) in [6.07, 6.45) is 10.5. The maximum absolute atomic E-state index is 12.5. The molecule has 1 unspecified atom stereocenters. The predicted octanol–water partition coefficient (Wildman–Crippen LogP) is 2.32. The molecule has 0 aliphatic carbocycles. The molecule has 1 saturated heterocycles. The summed E-state index contributed by atoms with van der Waals surface area (Å²) in [7, 11) is 0. The van der Waals surface area contributed by atoms with Crippen LogP contribution in [-0.2, 0) is 10.3 Å². The zero-order chi connectivity index (χ0) is 15.7. The number of ether oxygens (including phenoxy) is 1. The van der Waals surface area contributed by atoms with Crippen LogP contribution < -0.4 is 0 Å². The first-order chi connectivity index (χ1) is 11.3. The Kier molecular flexibility index (Phi) is 3.33. The lowest BCUT2D eigenvalue weighted by atomic mass is 9.86. The highest BCUT2D eigenvalue weighted by atomic mass is 16.5. The quantitative estimate of drug-likeness (QED) is 0.748. The second-order valence-electron chi connectivity index (χ2n) is 5.81. The minimum atomic E-state index is -0.435. The fraction of sp³-hybridized carbons (Fsp3) is 0.375. The van der Waals surface area contributed by atoms with E-state index in [-0.39, 0.29) is 6.03 Å². The lowest BCUT2D eigenvalue weighted by Crippen LogP contribution is -2.37. The van der Waals surface area contributed by atoms with E-state index in [1.165, 1.54) is 17.3 Å². The van der Waals surface area contributed by atoms with Gasteiger partial charge >= 0.3 is 6.03 Å². The molecule has 7 nitrogen and oxygen atoms in total. The molecule has 1 fully saturated rings. The Morgan fingerprint density at radius 3 is 3.09 bits per heavy atom. The van der Waals surface area contributed by atoms with E-state index < -0.39 is 5.60 Å². The van der Waals surface area contributed by atoms with Crippen LogP contribution in [0, 0.1) is 0 Å². The first-order valence-electron chi connectivity index (χ1n) is 7.72. The topological polar surface area (TPSA) is 72.6 Å². The zero-order valence-corrected chi connectivity index (χ0v) is 12.6. The van der Waals surface area contributed by atoms with Gasteiger partial charge in [0.05, 0.1) is 0 Å². The number of imidazole rings is 1. The van der Waals surface area contributed by atoms with Crippen molar-refractivity contribution in [3.63, 3.8) is 0 Å². The van der Waals surface area contributed by atoms with Crippen LogP contribution in [0.15, 0.2) is 42.0 Å². The maximum atomic E-state index is 12.5. The van der Waals surface area contributed by atoms with Crippen LogP contribution in [0.5, 0.6) is 0 Å². The number of carbonyl (C=O) groups is 1. The van der Waals surface area contributed by atoms with Gasteiger partial charge in [-0.2, -0.15) is 0 Å². The van der Waals surface area contributed by atoms with Crippen LogP contribution >= 0.6 is 0 Å². The van der Waals surface area contributed by atoms with Gasteiger partial charge in [0.2, 0.25) is 0 Å². The number of carbonyl (C=O) groups excluding carboxylic acids is 1. The molecule has 0 radical (unpaired) electrons. The summed E-state index contributed by atoms with van der Waals surface area (Å²) >= 11 is 0. The molecule has 1 spiro atoms. The van der Waals surface area contributed by atoms with Crippen LogP contribution in [0.1, 0.15) is 24.8 Å². The van der Waals surface area contributed by atoms with Gasteiger partial charge in [-0.15, -0.1) is 0 Å². The lowest BCUT2D eigenvalue weighted by Gasteiger charge is -2.34. The first-order valence-corrected chi connectivity index (χ1v) is 7.72. The summed E-state index contributed by atoms with van der Waals surface area (Å²) in [4.78, 5) is 26.8. The number of nitrogens with zero attached hydrogens (tertiary/aromatic N) is 5. The van der Waals surface area contributed by atoms with Crippen LogP contribution in [-0.4, -0.2) is 45.0 Å². The average molecular weight is 311 g/mol. The Hall–Kier alpha value is -2.70. The summed E-state index contributed by atoms with van der Waals surface area (Å²) in [6.45, 7) is 1.33. The number of amides is 1. The molecule has 2 aromatic rings. The van der Waals surface area contributed by atoms with Gasteiger partial charge in [-0.1, -0.05) is 0 Å². The highest BCUT2D eigenvalue weighted by Gasteiger charge is 2.40. The molecule has 7 heteroatoms. The molecule has 4 heterocycles. The monoisotopic (exact) mass is 311 g/mol. The summed E-state index contributed by atoms with van der Waals surface area (Å²) in [5, 5.41) is 0. The van der Waals surface area contributed by atoms with Crippen molar-refractivity contribution >= 4 is 18.2 Å². The van der Waals surface area contributed by atoms with Gasteiger partial charge < -0.3 is 9.64 Å². The number of fused-ring (bicyclic) bond motifs is 2. The van der Waals surface area contributed by atoms with Crippen molar-refractivity contribution in [3.05, 3.63) is 42.6 Å². The molecular weight excluding hydrogens is 294 g/mol. The van der Waals surface area contributed by atoms with E-state index in [9.17, 15) is 4.79 Å². The number of aliphatic imine (C=N–C) groups is 1. The van der Waals surface area contributed by atoms with E-state index >= 15 is 0 Å². The summed E-state index contributed by atoms with van der Waals surface area (Å²) in [5.41, 5.74) is 0.578. The fourth-order valence-electron chi connectivity index (χ4n) is 3.32. The first kappa shape index (κ1) is 13.9. The lowest BCUT2D eigenvalue weighted by molar-refractivity contribution is 0.0416. The molecule has 4 rings (SSSR count). The molecule has 1 amide bonds. The van der Waals surface area contributed by atoms with Crippen molar-refractivity contribution in [2.75, 3.05) is 13.1 Å². The second-order valence-corrected chi connectivity index (χ2v) is 5.81. The second kappa shape index (κ2) is 5.49. The van der Waals surface area contributed by atoms with Gasteiger partial charge in [-0.25, -0.2) is 19.8 Å². The van der Waals surface area contributed by atoms with Crippen LogP contribution in [0.2, 0.25) is 0 Å². The third-order valence-electron chi connectivity index (χ3n) is 4.52. The summed E-state index contributed by atoms with van der Waals surface area (Å²) in [5.74, 6) is 0.716. The van der Waals surface area contributed by atoms with Crippen LogP contribution in [0.4, 0.5) is 10.6 Å². The minimum absolute atomic E-state index is 0.0459. The molecule has 0 aromatic carbocycles. The van der Waals surface area contributed by atoms with Gasteiger partial charge in [-0.3, -0.25) is 4.57 Å². The van der Waals surface area contributed by atoms with Crippen LogP contribution in [0.3, 0.4) is 0 Å². The van der Waals surface area contributed by atoms with Crippen LogP contribution in [0.25, 0.3) is 0 Å². The van der Waals surface area contributed by atoms with E-state index in [1.54, 1.807) is 18.6 Å². The molecule has 1 atom stereocenters. The molecule has 2 aliphatic rings. The smallest absolute Gasteiger partial charge is 0.329 e. The standard InChI is InChI=1S/C16H17N5O2/c22-15(21-10-7-17-11-21)20-8-2-4-16(5-9-20)13-3-1-6-18-14(13)19-12-23-16/h1,3,6-7,10-12H,2,4-5,8-9H2. The molecule has 0 saturated carbocycles. The number of aromatic nitrogens is 3. The third-order valence-corrected chi connectivity index (χ3v) is 4.52. The Morgan fingerprint density at radius 1 is 1.26 bits per heavy atom. The SMILES string of the molecule is O=C(N1CCCC2(CC1)OC=Nc1ncccc12)n1ccnc1. The summed E-state index contributed by atoms with van der Waals surface area (Å²) < 4.78 is 7.45. The molecule has 23 heavy (non-hydrogen) atoms. The van der Waals surface area contributed by atoms with Gasteiger partial charge in [-0.05, 0) is 25.0 Å². The average Bonchev–Trinajstić information content (AvgIpc) is 3.04. The number of likely N-dealkylation sites (tertiary alicyclic amines) is 1. The summed E-state index contributed by atoms with van der Waals surface area (Å²) in [6, 6.07) is 3.88. The normalized spacial score (nSPS) is 23.2. The van der Waals surface area contributed by atoms with Gasteiger partial charge in [0.25, 0.3) is 0 Å². The fourth-order valence-corrected chi connectivity index (χ4v) is 3.32. The van der Waals surface area contributed by atoms with Crippen molar-refractivity contribution in [2.24, 2.45) is 4.99 Å². The van der Waals surface area contributed by atoms with E-state index in [0.717, 1.165) is 24.8 Å². The molecule has 2 aromatic heterocycles. The highest BCUT2D eigenvalue weighted by molar-refractivity contribution is 5.76. The zero-order valence-electron chi connectivity index (χ0n) is 12.6. The number of hydrogen-bond donors (Lipinski definition) is 0. The van der Waals surface area contributed by atoms with E-state index in [0.29, 0.717) is 18.9 Å². The molecule has 2 aliphatic heterocycles. The maximum Gasteiger partial charge on any atom is 0.329 e. The van der Waals surface area contributed by atoms with Crippen molar-refractivity contribution in [1.29, 1.82) is 0 Å². The van der Waals surface area contributed by atoms with Crippen molar-refractivity contribution in [2.45, 2.75) is 24.9 Å². The Balaban J connectivity index is 1.58. The van der Waals surface area contributed by atoms with Crippen molar-refractivity contribution in [3.8, 4) is 0 Å². The number of hydrogen-bond acceptors (Lipinski definition) is 5. The molecular formula is C16H17N5O2. The highest BCUT2D eigenvalue weighted by Crippen LogP contribution is 2.42. The Morgan fingerprint density at radius 2 is 2.22 bits per heavy atom. The van der Waals surface area contributed by atoms with Gasteiger partial charge in [0.15, 0.2) is 12.2 Å². The minimum Gasteiger partial charge on any atom is -0.472 e. The van der Waals surface area contributed by atoms with Gasteiger partial charge in [0, 0.05) is 43.7 Å². The van der Waals surface area contributed by atoms with E-state index in [4.69, 9.17) is 4.74 Å². The van der Waals surface area contributed by atoms with E-state index in [1.807, 2.05) is 17.0 Å². The Labute approximate surface area is 133 Å².